The van der Waals surface area contributed by atoms with Crippen molar-refractivity contribution in [2.75, 3.05) is 56.8 Å². The van der Waals surface area contributed by atoms with Crippen LogP contribution < -0.4 is 9.80 Å². The lowest BCUT2D eigenvalue weighted by molar-refractivity contribution is -0.0410. The van der Waals surface area contributed by atoms with Gasteiger partial charge in [-0.25, -0.2) is 9.37 Å². The van der Waals surface area contributed by atoms with Crippen LogP contribution in [0, 0.1) is 17.2 Å². The Bertz CT molecular complexity index is 528. The summed E-state index contributed by atoms with van der Waals surface area (Å²) in [5, 5.41) is 9.81. The first-order chi connectivity index (χ1) is 10.1. The maximum absolute atomic E-state index is 13.7. The largest absolute Gasteiger partial charge is 0.396 e. The van der Waals surface area contributed by atoms with Gasteiger partial charge in [0.1, 0.15) is 0 Å². The molecule has 0 bridgehead atoms. The van der Waals surface area contributed by atoms with Crippen molar-refractivity contribution < 1.29 is 14.2 Å². The summed E-state index contributed by atoms with van der Waals surface area (Å²) in [4.78, 5) is 12.1. The zero-order valence-electron chi connectivity index (χ0n) is 12.4. The number of aliphatic hydroxyl groups is 1. The highest BCUT2D eigenvalue weighted by atomic mass is 19.1. The van der Waals surface area contributed by atoms with Crippen molar-refractivity contribution in [3.05, 3.63) is 12.0 Å². The third kappa shape index (κ3) is 2.44. The molecule has 3 heterocycles. The van der Waals surface area contributed by atoms with Crippen molar-refractivity contribution in [2.45, 2.75) is 6.42 Å². The van der Waals surface area contributed by atoms with Crippen LogP contribution >= 0.6 is 0 Å². The van der Waals surface area contributed by atoms with Crippen LogP contribution in [-0.4, -0.2) is 62.1 Å². The number of hydrogen-bond donors (Lipinski definition) is 1. The Morgan fingerprint density at radius 1 is 1.57 bits per heavy atom. The number of aliphatic hydroxyl groups excluding tert-OH is 1. The number of ether oxygens (including phenoxy) is 1. The molecule has 0 aliphatic carbocycles. The Labute approximate surface area is 123 Å². The van der Waals surface area contributed by atoms with Crippen molar-refractivity contribution in [3.8, 4) is 0 Å². The van der Waals surface area contributed by atoms with Gasteiger partial charge in [-0.1, -0.05) is 0 Å². The quantitative estimate of drug-likeness (QED) is 0.877. The van der Waals surface area contributed by atoms with Gasteiger partial charge in [-0.2, -0.15) is 4.98 Å². The predicted molar refractivity (Wildman–Crippen MR) is 77.0 cm³/mol. The summed E-state index contributed by atoms with van der Waals surface area (Å²) in [6.45, 7) is 2.89. The average Bonchev–Trinajstić information content (AvgIpc) is 2.87. The zero-order valence-corrected chi connectivity index (χ0v) is 12.4. The minimum Gasteiger partial charge on any atom is -0.396 e. The molecule has 2 saturated heterocycles. The Morgan fingerprint density at radius 2 is 2.38 bits per heavy atom. The Balaban J connectivity index is 1.87. The summed E-state index contributed by atoms with van der Waals surface area (Å²) in [6.07, 6.45) is 2.05. The van der Waals surface area contributed by atoms with Crippen molar-refractivity contribution in [1.29, 1.82) is 0 Å². The van der Waals surface area contributed by atoms with E-state index in [2.05, 4.69) is 9.97 Å². The lowest BCUT2D eigenvalue weighted by Crippen LogP contribution is -2.41. The van der Waals surface area contributed by atoms with Crippen LogP contribution in [-0.2, 0) is 4.74 Å². The number of fused-ring (bicyclic) bond motifs is 1. The van der Waals surface area contributed by atoms with Gasteiger partial charge in [0, 0.05) is 45.1 Å². The molecule has 2 aliphatic rings. The van der Waals surface area contributed by atoms with E-state index >= 15 is 0 Å². The van der Waals surface area contributed by atoms with Crippen LogP contribution in [0.25, 0.3) is 0 Å². The fourth-order valence-corrected chi connectivity index (χ4v) is 3.27. The van der Waals surface area contributed by atoms with E-state index < -0.39 is 5.82 Å². The normalized spacial score (nSPS) is 28.6. The van der Waals surface area contributed by atoms with Gasteiger partial charge in [-0.05, 0) is 6.42 Å². The second-order valence-corrected chi connectivity index (χ2v) is 6.16. The van der Waals surface area contributed by atoms with E-state index in [1.165, 1.54) is 6.20 Å². The molecule has 1 N–H and O–H groups in total. The smallest absolute Gasteiger partial charge is 0.227 e. The third-order valence-electron chi connectivity index (χ3n) is 4.61. The average molecular weight is 296 g/mol. The summed E-state index contributed by atoms with van der Waals surface area (Å²) >= 11 is 0. The molecule has 0 amide bonds. The molecule has 7 heteroatoms. The second-order valence-electron chi connectivity index (χ2n) is 6.16. The lowest BCUT2D eigenvalue weighted by Gasteiger charge is -2.36. The van der Waals surface area contributed by atoms with Gasteiger partial charge < -0.3 is 19.6 Å². The summed E-state index contributed by atoms with van der Waals surface area (Å²) in [6, 6.07) is 0. The Hall–Kier alpha value is -1.47. The summed E-state index contributed by atoms with van der Waals surface area (Å²) in [5.74, 6) is 0.639. The van der Waals surface area contributed by atoms with Crippen molar-refractivity contribution >= 4 is 11.8 Å². The highest BCUT2D eigenvalue weighted by Gasteiger charge is 2.48. The van der Waals surface area contributed by atoms with Crippen LogP contribution in [0.15, 0.2) is 6.20 Å². The number of aromatic nitrogens is 2. The topological polar surface area (TPSA) is 61.7 Å². The van der Waals surface area contributed by atoms with Gasteiger partial charge in [0.2, 0.25) is 5.95 Å². The minimum absolute atomic E-state index is 0.138. The molecule has 1 aromatic rings. The molecule has 0 saturated carbocycles. The fraction of sp³-hybridized carbons (Fsp3) is 0.714. The van der Waals surface area contributed by atoms with Crippen LogP contribution in [0.4, 0.5) is 16.2 Å². The predicted octanol–water partition coefficient (Wildman–Crippen LogP) is 0.517. The van der Waals surface area contributed by atoms with E-state index in [9.17, 15) is 9.50 Å². The number of anilines is 2. The van der Waals surface area contributed by atoms with Gasteiger partial charge in [0.05, 0.1) is 19.4 Å². The Morgan fingerprint density at radius 3 is 3.05 bits per heavy atom. The Kier molecular flexibility index (Phi) is 3.71. The van der Waals surface area contributed by atoms with E-state index in [-0.39, 0.29) is 23.8 Å². The van der Waals surface area contributed by atoms with E-state index in [0.29, 0.717) is 25.7 Å². The second kappa shape index (κ2) is 5.38. The third-order valence-corrected chi connectivity index (χ3v) is 4.61. The number of rotatable bonds is 3. The number of hydrogen-bond acceptors (Lipinski definition) is 6. The lowest BCUT2D eigenvalue weighted by atomic mass is 9.75. The molecular formula is C14H21FN4O2. The van der Waals surface area contributed by atoms with E-state index in [1.54, 1.807) is 19.0 Å². The first-order valence-corrected chi connectivity index (χ1v) is 7.19. The highest BCUT2D eigenvalue weighted by Crippen LogP contribution is 2.42. The number of halogens is 1. The molecule has 21 heavy (non-hydrogen) atoms. The minimum atomic E-state index is -0.430. The van der Waals surface area contributed by atoms with E-state index in [0.717, 1.165) is 13.0 Å². The summed E-state index contributed by atoms with van der Waals surface area (Å²) in [7, 11) is 3.50. The number of nitrogens with zero attached hydrogens (tertiary/aromatic N) is 4. The van der Waals surface area contributed by atoms with Crippen molar-refractivity contribution in [2.24, 2.45) is 11.3 Å². The van der Waals surface area contributed by atoms with Crippen LogP contribution in [0.1, 0.15) is 6.42 Å². The van der Waals surface area contributed by atoms with E-state index in [4.69, 9.17) is 4.74 Å². The highest BCUT2D eigenvalue weighted by molar-refractivity contribution is 5.45. The molecule has 116 valence electrons. The van der Waals surface area contributed by atoms with Gasteiger partial charge in [0.25, 0.3) is 0 Å². The molecule has 2 atom stereocenters. The summed E-state index contributed by atoms with van der Waals surface area (Å²) in [5.41, 5.74) is -0.145. The van der Waals surface area contributed by atoms with Crippen LogP contribution in [0.3, 0.4) is 0 Å². The molecule has 2 fully saturated rings. The molecule has 2 aliphatic heterocycles. The molecule has 0 radical (unpaired) electrons. The molecule has 1 aromatic heterocycles. The van der Waals surface area contributed by atoms with Crippen molar-refractivity contribution in [1.82, 2.24) is 9.97 Å². The molecule has 0 spiro atoms. The van der Waals surface area contributed by atoms with Gasteiger partial charge in [0.15, 0.2) is 11.6 Å². The standard InChI is InChI=1S/C14H21FN4O2/c1-18(2)12-11(15)5-16-13(17-12)19-6-10-7-21-4-3-14(10,8-19)9-20/h5,10,20H,3-4,6-9H2,1-2H3/t10-,14-/m1/s1. The van der Waals surface area contributed by atoms with Crippen molar-refractivity contribution in [3.63, 3.8) is 0 Å². The molecular weight excluding hydrogens is 275 g/mol. The first kappa shape index (κ1) is 14.5. The van der Waals surface area contributed by atoms with Gasteiger partial charge in [-0.3, -0.25) is 0 Å². The van der Waals surface area contributed by atoms with Gasteiger partial charge >= 0.3 is 0 Å². The monoisotopic (exact) mass is 296 g/mol. The van der Waals surface area contributed by atoms with Gasteiger partial charge in [-0.15, -0.1) is 0 Å². The maximum atomic E-state index is 13.7. The molecule has 0 aromatic carbocycles. The fourth-order valence-electron chi connectivity index (χ4n) is 3.27. The van der Waals surface area contributed by atoms with Crippen LogP contribution in [0.2, 0.25) is 0 Å². The molecule has 3 rings (SSSR count). The molecule has 6 nitrogen and oxygen atoms in total. The van der Waals surface area contributed by atoms with Crippen LogP contribution in [0.5, 0.6) is 0 Å². The summed E-state index contributed by atoms with van der Waals surface area (Å²) < 4.78 is 19.2. The first-order valence-electron chi connectivity index (χ1n) is 7.19. The van der Waals surface area contributed by atoms with E-state index in [1.807, 2.05) is 4.90 Å². The molecule has 0 unspecified atom stereocenters. The zero-order chi connectivity index (χ0) is 15.0. The maximum Gasteiger partial charge on any atom is 0.227 e. The SMILES string of the molecule is CN(C)c1nc(N2C[C@@H]3COCC[C@]3(CO)C2)ncc1F.